The summed E-state index contributed by atoms with van der Waals surface area (Å²) in [5, 5.41) is 5.45. The van der Waals surface area contributed by atoms with Gasteiger partial charge in [0.25, 0.3) is 11.8 Å². The number of aromatic nitrogens is 1. The lowest BCUT2D eigenvalue weighted by atomic mass is 10.1. The van der Waals surface area contributed by atoms with Crippen molar-refractivity contribution in [2.24, 2.45) is 0 Å². The van der Waals surface area contributed by atoms with Gasteiger partial charge in [0.05, 0.1) is 11.5 Å². The number of pyridine rings is 1. The summed E-state index contributed by atoms with van der Waals surface area (Å²) in [6.07, 6.45) is 0.394. The molecule has 2 N–H and O–H groups in total. The van der Waals surface area contributed by atoms with Gasteiger partial charge in [-0.2, -0.15) is 0 Å². The van der Waals surface area contributed by atoms with Crippen LogP contribution in [-0.4, -0.2) is 42.8 Å². The van der Waals surface area contributed by atoms with E-state index in [4.69, 9.17) is 0 Å². The van der Waals surface area contributed by atoms with Gasteiger partial charge in [-0.1, -0.05) is 35.9 Å². The first-order valence-corrected chi connectivity index (χ1v) is 10.5. The van der Waals surface area contributed by atoms with E-state index in [0.29, 0.717) is 13.0 Å². The van der Waals surface area contributed by atoms with Crippen LogP contribution in [0.4, 0.5) is 0 Å². The third-order valence-corrected chi connectivity index (χ3v) is 6.09. The van der Waals surface area contributed by atoms with E-state index in [-0.39, 0.29) is 28.8 Å². The molecule has 7 nitrogen and oxygen atoms in total. The zero-order valence-electron chi connectivity index (χ0n) is 14.9. The standard InChI is InChI=1S/C19H21N3O4S/c1-13-4-2-5-14(10-13)11-20-18(23)16-6-3-7-17(22-16)19(24)21-15-8-9-27(25,26)12-15/h2-7,10,15H,8-9,11-12H2,1H3,(H,20,23)(H,21,24). The Balaban J connectivity index is 1.62. The van der Waals surface area contributed by atoms with Crippen molar-refractivity contribution in [1.29, 1.82) is 0 Å². The topological polar surface area (TPSA) is 105 Å². The molecule has 0 radical (unpaired) electrons. The average molecular weight is 387 g/mol. The second-order valence-corrected chi connectivity index (χ2v) is 8.88. The number of carbonyl (C=O) groups excluding carboxylic acids is 2. The SMILES string of the molecule is Cc1cccc(CNC(=O)c2cccc(C(=O)NC3CCS(=O)(=O)C3)n2)c1. The minimum absolute atomic E-state index is 0.0601. The van der Waals surface area contributed by atoms with Gasteiger partial charge < -0.3 is 10.6 Å². The van der Waals surface area contributed by atoms with Gasteiger partial charge in [-0.25, -0.2) is 13.4 Å². The van der Waals surface area contributed by atoms with Crippen LogP contribution in [0.3, 0.4) is 0 Å². The first kappa shape index (κ1) is 19.0. The predicted molar refractivity (Wildman–Crippen MR) is 101 cm³/mol. The normalized spacial score (nSPS) is 18.0. The molecular formula is C19H21N3O4S. The number of carbonyl (C=O) groups is 2. The molecule has 27 heavy (non-hydrogen) atoms. The number of hydrogen-bond acceptors (Lipinski definition) is 5. The Labute approximate surface area is 158 Å². The highest BCUT2D eigenvalue weighted by atomic mass is 32.2. The maximum atomic E-state index is 12.3. The van der Waals surface area contributed by atoms with Crippen LogP contribution in [0.1, 0.15) is 38.5 Å². The van der Waals surface area contributed by atoms with Crippen molar-refractivity contribution in [3.63, 3.8) is 0 Å². The summed E-state index contributed by atoms with van der Waals surface area (Å²) < 4.78 is 23.0. The summed E-state index contributed by atoms with van der Waals surface area (Å²) >= 11 is 0. The Kier molecular flexibility index (Phi) is 5.55. The maximum absolute atomic E-state index is 12.3. The van der Waals surface area contributed by atoms with Gasteiger partial charge in [0.1, 0.15) is 11.4 Å². The molecule has 1 fully saturated rings. The molecule has 142 valence electrons. The number of hydrogen-bond donors (Lipinski definition) is 2. The number of benzene rings is 1. The summed E-state index contributed by atoms with van der Waals surface area (Å²) in [6, 6.07) is 12.0. The molecule has 0 saturated carbocycles. The second kappa shape index (κ2) is 7.87. The molecule has 1 aliphatic heterocycles. The van der Waals surface area contributed by atoms with Gasteiger partial charge in [0, 0.05) is 12.6 Å². The van der Waals surface area contributed by atoms with Gasteiger partial charge in [0.2, 0.25) is 0 Å². The fourth-order valence-corrected chi connectivity index (χ4v) is 4.62. The lowest BCUT2D eigenvalue weighted by molar-refractivity contribution is 0.0934. The van der Waals surface area contributed by atoms with E-state index in [1.54, 1.807) is 6.07 Å². The Morgan fingerprint density at radius 1 is 1.11 bits per heavy atom. The van der Waals surface area contributed by atoms with E-state index in [2.05, 4.69) is 15.6 Å². The van der Waals surface area contributed by atoms with Gasteiger partial charge in [-0.15, -0.1) is 0 Å². The fourth-order valence-electron chi connectivity index (χ4n) is 2.95. The molecule has 0 aliphatic carbocycles. The molecular weight excluding hydrogens is 366 g/mol. The minimum atomic E-state index is -3.08. The van der Waals surface area contributed by atoms with Gasteiger partial charge in [-0.05, 0) is 31.0 Å². The molecule has 1 aromatic heterocycles. The Morgan fingerprint density at radius 3 is 2.48 bits per heavy atom. The lowest BCUT2D eigenvalue weighted by Crippen LogP contribution is -2.36. The summed E-state index contributed by atoms with van der Waals surface area (Å²) in [7, 11) is -3.08. The van der Waals surface area contributed by atoms with Gasteiger partial charge >= 0.3 is 0 Å². The number of nitrogens with one attached hydrogen (secondary N) is 2. The summed E-state index contributed by atoms with van der Waals surface area (Å²) in [4.78, 5) is 28.7. The van der Waals surface area contributed by atoms with Crippen LogP contribution in [0.5, 0.6) is 0 Å². The molecule has 1 saturated heterocycles. The highest BCUT2D eigenvalue weighted by molar-refractivity contribution is 7.91. The fraction of sp³-hybridized carbons (Fsp3) is 0.316. The van der Waals surface area contributed by atoms with Crippen molar-refractivity contribution in [3.8, 4) is 0 Å². The number of aryl methyl sites for hydroxylation is 1. The van der Waals surface area contributed by atoms with Crippen molar-refractivity contribution in [2.45, 2.75) is 25.9 Å². The van der Waals surface area contributed by atoms with E-state index in [1.165, 1.54) is 12.1 Å². The first-order valence-electron chi connectivity index (χ1n) is 8.64. The minimum Gasteiger partial charge on any atom is -0.347 e. The van der Waals surface area contributed by atoms with Crippen LogP contribution >= 0.6 is 0 Å². The van der Waals surface area contributed by atoms with E-state index < -0.39 is 21.8 Å². The van der Waals surface area contributed by atoms with Crippen molar-refractivity contribution in [2.75, 3.05) is 11.5 Å². The van der Waals surface area contributed by atoms with Crippen molar-refractivity contribution >= 4 is 21.7 Å². The van der Waals surface area contributed by atoms with Crippen LogP contribution in [0.2, 0.25) is 0 Å². The highest BCUT2D eigenvalue weighted by Gasteiger charge is 2.29. The molecule has 2 amide bonds. The third-order valence-electron chi connectivity index (χ3n) is 4.32. The number of sulfone groups is 1. The monoisotopic (exact) mass is 387 g/mol. The molecule has 1 aromatic carbocycles. The van der Waals surface area contributed by atoms with E-state index in [9.17, 15) is 18.0 Å². The zero-order valence-corrected chi connectivity index (χ0v) is 15.8. The van der Waals surface area contributed by atoms with Crippen LogP contribution < -0.4 is 10.6 Å². The van der Waals surface area contributed by atoms with Crippen LogP contribution in [0, 0.1) is 6.92 Å². The van der Waals surface area contributed by atoms with Crippen LogP contribution in [0.25, 0.3) is 0 Å². The second-order valence-electron chi connectivity index (χ2n) is 6.65. The van der Waals surface area contributed by atoms with Crippen molar-refractivity contribution < 1.29 is 18.0 Å². The number of amides is 2. The number of nitrogens with zero attached hydrogens (tertiary/aromatic N) is 1. The molecule has 0 bridgehead atoms. The molecule has 2 aromatic rings. The van der Waals surface area contributed by atoms with E-state index >= 15 is 0 Å². The summed E-state index contributed by atoms with van der Waals surface area (Å²) in [6.45, 7) is 2.34. The Hall–Kier alpha value is -2.74. The quantitative estimate of drug-likeness (QED) is 0.803. The Bertz CT molecular complexity index is 972. The molecule has 0 spiro atoms. The van der Waals surface area contributed by atoms with Crippen molar-refractivity contribution in [1.82, 2.24) is 15.6 Å². The van der Waals surface area contributed by atoms with E-state index in [1.807, 2.05) is 31.2 Å². The molecule has 8 heteroatoms. The number of rotatable bonds is 5. The van der Waals surface area contributed by atoms with Crippen LogP contribution in [-0.2, 0) is 16.4 Å². The highest BCUT2D eigenvalue weighted by Crippen LogP contribution is 2.12. The first-order chi connectivity index (χ1) is 12.8. The average Bonchev–Trinajstić information content (AvgIpc) is 2.98. The largest absolute Gasteiger partial charge is 0.347 e. The lowest BCUT2D eigenvalue weighted by Gasteiger charge is -2.11. The smallest absolute Gasteiger partial charge is 0.270 e. The predicted octanol–water partition coefficient (Wildman–Crippen LogP) is 1.24. The maximum Gasteiger partial charge on any atom is 0.270 e. The van der Waals surface area contributed by atoms with Gasteiger partial charge in [0.15, 0.2) is 9.84 Å². The molecule has 2 heterocycles. The molecule has 1 atom stereocenters. The third kappa shape index (κ3) is 5.13. The summed E-state index contributed by atoms with van der Waals surface area (Å²) in [5.41, 5.74) is 2.30. The zero-order chi connectivity index (χ0) is 19.4. The van der Waals surface area contributed by atoms with Crippen LogP contribution in [0.15, 0.2) is 42.5 Å². The van der Waals surface area contributed by atoms with Gasteiger partial charge in [-0.3, -0.25) is 9.59 Å². The Morgan fingerprint density at radius 2 is 1.81 bits per heavy atom. The van der Waals surface area contributed by atoms with E-state index in [0.717, 1.165) is 11.1 Å². The molecule has 3 rings (SSSR count). The van der Waals surface area contributed by atoms with Crippen molar-refractivity contribution in [3.05, 3.63) is 65.0 Å². The molecule has 1 unspecified atom stereocenters. The molecule has 1 aliphatic rings. The summed E-state index contributed by atoms with van der Waals surface area (Å²) in [5.74, 6) is -0.845.